The highest BCUT2D eigenvalue weighted by Crippen LogP contribution is 2.26. The predicted octanol–water partition coefficient (Wildman–Crippen LogP) is 3.29. The second kappa shape index (κ2) is 8.99. The van der Waals surface area contributed by atoms with Crippen LogP contribution >= 0.6 is 11.3 Å². The first-order valence-electron chi connectivity index (χ1n) is 9.35. The number of rotatable bonds is 7. The Kier molecular flexibility index (Phi) is 6.68. The number of amides is 1. The van der Waals surface area contributed by atoms with E-state index in [4.69, 9.17) is 0 Å². The second-order valence-electron chi connectivity index (χ2n) is 7.07. The van der Waals surface area contributed by atoms with E-state index in [-0.39, 0.29) is 24.4 Å². The number of thiophene rings is 1. The Labute approximate surface area is 165 Å². The van der Waals surface area contributed by atoms with Gasteiger partial charge in [-0.1, -0.05) is 36.4 Å². The van der Waals surface area contributed by atoms with Crippen molar-refractivity contribution in [1.82, 2.24) is 9.62 Å². The molecule has 0 unspecified atom stereocenters. The lowest BCUT2D eigenvalue weighted by Crippen LogP contribution is -2.47. The number of carbonyl (C=O) groups is 1. The van der Waals surface area contributed by atoms with Gasteiger partial charge in [0.2, 0.25) is 5.91 Å². The lowest BCUT2D eigenvalue weighted by Gasteiger charge is -2.31. The molecule has 1 N–H and O–H groups in total. The van der Waals surface area contributed by atoms with E-state index < -0.39 is 10.0 Å². The molecule has 2 heterocycles. The first-order valence-corrected chi connectivity index (χ1v) is 11.7. The van der Waals surface area contributed by atoms with Crippen molar-refractivity contribution < 1.29 is 13.2 Å². The molecule has 1 aliphatic rings. The lowest BCUT2D eigenvalue weighted by atomic mass is 9.98. The highest BCUT2D eigenvalue weighted by molar-refractivity contribution is 7.91. The Hall–Kier alpha value is -1.70. The van der Waals surface area contributed by atoms with Gasteiger partial charge in [-0.2, -0.15) is 4.31 Å². The molecule has 27 heavy (non-hydrogen) atoms. The van der Waals surface area contributed by atoms with E-state index in [0.717, 1.165) is 19.3 Å². The summed E-state index contributed by atoms with van der Waals surface area (Å²) in [6.07, 6.45) is 3.21. The van der Waals surface area contributed by atoms with Gasteiger partial charge in [-0.3, -0.25) is 4.79 Å². The minimum Gasteiger partial charge on any atom is -0.353 e. The molecule has 1 aromatic heterocycles. The van der Waals surface area contributed by atoms with Gasteiger partial charge in [0.15, 0.2) is 0 Å². The maximum absolute atomic E-state index is 12.7. The Morgan fingerprint density at radius 2 is 2.04 bits per heavy atom. The highest BCUT2D eigenvalue weighted by atomic mass is 32.2. The average Bonchev–Trinajstić information content (AvgIpc) is 3.23. The molecule has 2 atom stereocenters. The summed E-state index contributed by atoms with van der Waals surface area (Å²) in [7, 11) is -3.49. The molecule has 1 saturated heterocycles. The van der Waals surface area contributed by atoms with Gasteiger partial charge in [0.1, 0.15) is 4.21 Å². The molecule has 0 spiro atoms. The molecule has 1 aliphatic heterocycles. The number of aryl methyl sites for hydroxylation is 1. The van der Waals surface area contributed by atoms with Gasteiger partial charge in [-0.25, -0.2) is 8.42 Å². The molecule has 0 bridgehead atoms. The van der Waals surface area contributed by atoms with Crippen LogP contribution in [0.4, 0.5) is 0 Å². The highest BCUT2D eigenvalue weighted by Gasteiger charge is 2.34. The third kappa shape index (κ3) is 5.18. The minimum atomic E-state index is -3.49. The number of nitrogens with one attached hydrogen (secondary N) is 1. The van der Waals surface area contributed by atoms with Crippen molar-refractivity contribution in [1.29, 1.82) is 0 Å². The SMILES string of the molecule is C[C@@H](CCc1ccccc1)NC(=O)[C@H]1CCCN(S(=O)(=O)c2cccs2)C1. The van der Waals surface area contributed by atoms with Crippen molar-refractivity contribution in [2.45, 2.75) is 42.9 Å². The number of carbonyl (C=O) groups excluding carboxylic acids is 1. The van der Waals surface area contributed by atoms with Crippen LogP contribution in [0.5, 0.6) is 0 Å². The van der Waals surface area contributed by atoms with E-state index in [1.54, 1.807) is 17.5 Å². The predicted molar refractivity (Wildman–Crippen MR) is 108 cm³/mol. The molecule has 1 aromatic carbocycles. The van der Waals surface area contributed by atoms with Crippen LogP contribution < -0.4 is 5.32 Å². The van der Waals surface area contributed by atoms with Crippen LogP contribution in [0.15, 0.2) is 52.1 Å². The second-order valence-corrected chi connectivity index (χ2v) is 10.2. The molecule has 1 amide bonds. The Morgan fingerprint density at radius 3 is 2.74 bits per heavy atom. The fourth-order valence-corrected chi connectivity index (χ4v) is 6.04. The molecule has 0 aliphatic carbocycles. The lowest BCUT2D eigenvalue weighted by molar-refractivity contribution is -0.126. The van der Waals surface area contributed by atoms with Gasteiger partial charge in [0.25, 0.3) is 10.0 Å². The summed E-state index contributed by atoms with van der Waals surface area (Å²) in [6.45, 7) is 2.74. The van der Waals surface area contributed by atoms with Crippen LogP contribution in [0.25, 0.3) is 0 Å². The maximum atomic E-state index is 12.7. The van der Waals surface area contributed by atoms with Crippen LogP contribution in [0.3, 0.4) is 0 Å². The Bertz CT molecular complexity index is 835. The van der Waals surface area contributed by atoms with Crippen molar-refractivity contribution in [2.24, 2.45) is 5.92 Å². The molecule has 7 heteroatoms. The Morgan fingerprint density at radius 1 is 1.26 bits per heavy atom. The van der Waals surface area contributed by atoms with Crippen LogP contribution in [-0.2, 0) is 21.2 Å². The summed E-state index contributed by atoms with van der Waals surface area (Å²) < 4.78 is 27.2. The summed E-state index contributed by atoms with van der Waals surface area (Å²) >= 11 is 1.22. The van der Waals surface area contributed by atoms with Crippen molar-refractivity contribution in [3.8, 4) is 0 Å². The van der Waals surface area contributed by atoms with Gasteiger partial charge < -0.3 is 5.32 Å². The van der Waals surface area contributed by atoms with Gasteiger partial charge in [-0.05, 0) is 49.6 Å². The number of benzene rings is 1. The molecule has 2 aromatic rings. The standard InChI is InChI=1S/C20H26N2O3S2/c1-16(11-12-17-7-3-2-4-8-17)21-20(23)18-9-5-13-22(15-18)27(24,25)19-10-6-14-26-19/h2-4,6-8,10,14,16,18H,5,9,11-13,15H2,1H3,(H,21,23)/t16-,18-/m0/s1. The topological polar surface area (TPSA) is 66.5 Å². The van der Waals surface area contributed by atoms with E-state index in [9.17, 15) is 13.2 Å². The average molecular weight is 407 g/mol. The first kappa shape index (κ1) is 20.0. The summed E-state index contributed by atoms with van der Waals surface area (Å²) in [4.78, 5) is 12.6. The van der Waals surface area contributed by atoms with Crippen molar-refractivity contribution in [3.63, 3.8) is 0 Å². The fraction of sp³-hybridized carbons (Fsp3) is 0.450. The van der Waals surface area contributed by atoms with E-state index >= 15 is 0 Å². The minimum absolute atomic E-state index is 0.0401. The van der Waals surface area contributed by atoms with E-state index in [1.165, 1.54) is 21.2 Å². The molecular weight excluding hydrogens is 380 g/mol. The number of hydrogen-bond donors (Lipinski definition) is 1. The van der Waals surface area contributed by atoms with Gasteiger partial charge in [0.05, 0.1) is 5.92 Å². The third-order valence-electron chi connectivity index (χ3n) is 4.94. The Balaban J connectivity index is 1.53. The van der Waals surface area contributed by atoms with Crippen LogP contribution in [0.2, 0.25) is 0 Å². The normalized spacial score (nSPS) is 19.5. The van der Waals surface area contributed by atoms with E-state index in [2.05, 4.69) is 17.4 Å². The van der Waals surface area contributed by atoms with Crippen LogP contribution in [-0.4, -0.2) is 37.8 Å². The summed E-state index contributed by atoms with van der Waals surface area (Å²) in [6, 6.07) is 13.6. The molecule has 5 nitrogen and oxygen atoms in total. The molecule has 1 fully saturated rings. The number of sulfonamides is 1. The summed E-state index contributed by atoms with van der Waals surface area (Å²) in [5.74, 6) is -0.325. The number of hydrogen-bond acceptors (Lipinski definition) is 4. The van der Waals surface area contributed by atoms with Crippen molar-refractivity contribution in [3.05, 3.63) is 53.4 Å². The monoisotopic (exact) mass is 406 g/mol. The van der Waals surface area contributed by atoms with Crippen LogP contribution in [0.1, 0.15) is 31.7 Å². The third-order valence-corrected chi connectivity index (χ3v) is 8.18. The summed E-state index contributed by atoms with van der Waals surface area (Å²) in [5.41, 5.74) is 1.25. The molecule has 0 saturated carbocycles. The zero-order valence-corrected chi connectivity index (χ0v) is 17.1. The zero-order valence-electron chi connectivity index (χ0n) is 15.5. The molecule has 0 radical (unpaired) electrons. The van der Waals surface area contributed by atoms with Crippen molar-refractivity contribution in [2.75, 3.05) is 13.1 Å². The maximum Gasteiger partial charge on any atom is 0.252 e. The summed E-state index contributed by atoms with van der Waals surface area (Å²) in [5, 5.41) is 4.83. The fourth-order valence-electron chi connectivity index (χ4n) is 3.37. The van der Waals surface area contributed by atoms with Gasteiger partial charge in [0, 0.05) is 19.1 Å². The largest absolute Gasteiger partial charge is 0.353 e. The number of nitrogens with zero attached hydrogens (tertiary/aromatic N) is 1. The van der Waals surface area contributed by atoms with Gasteiger partial charge >= 0.3 is 0 Å². The van der Waals surface area contributed by atoms with E-state index in [0.29, 0.717) is 17.2 Å². The first-order chi connectivity index (χ1) is 13.0. The quantitative estimate of drug-likeness (QED) is 0.767. The number of piperidine rings is 1. The smallest absolute Gasteiger partial charge is 0.252 e. The van der Waals surface area contributed by atoms with Crippen LogP contribution in [0, 0.1) is 5.92 Å². The van der Waals surface area contributed by atoms with E-state index in [1.807, 2.05) is 25.1 Å². The molecule has 3 rings (SSSR count). The molecule has 146 valence electrons. The van der Waals surface area contributed by atoms with Gasteiger partial charge in [-0.15, -0.1) is 11.3 Å². The zero-order chi connectivity index (χ0) is 19.3. The molecular formula is C20H26N2O3S2. The van der Waals surface area contributed by atoms with Crippen molar-refractivity contribution >= 4 is 27.3 Å².